The molecule has 0 aliphatic rings. The quantitative estimate of drug-likeness (QED) is 0.779. The van der Waals surface area contributed by atoms with Crippen LogP contribution in [0.1, 0.15) is 26.3 Å². The van der Waals surface area contributed by atoms with E-state index in [1.165, 1.54) is 12.1 Å². The van der Waals surface area contributed by atoms with Gasteiger partial charge in [-0.1, -0.05) is 20.8 Å². The van der Waals surface area contributed by atoms with Crippen LogP contribution in [-0.4, -0.2) is 10.2 Å². The lowest BCUT2D eigenvalue weighted by Crippen LogP contribution is -2.11. The second-order valence-electron chi connectivity index (χ2n) is 4.92. The number of nitrogens with one attached hydrogen (secondary N) is 1. The Bertz CT molecular complexity index is 477. The Labute approximate surface area is 94.5 Å². The first kappa shape index (κ1) is 10.9. The molecule has 0 amide bonds. The molecule has 1 aromatic heterocycles. The molecule has 0 aliphatic carbocycles. The van der Waals surface area contributed by atoms with Crippen LogP contribution < -0.4 is 0 Å². The van der Waals surface area contributed by atoms with E-state index in [2.05, 4.69) is 31.0 Å². The van der Waals surface area contributed by atoms with Gasteiger partial charge in [0, 0.05) is 11.1 Å². The second-order valence-corrected chi connectivity index (χ2v) is 4.92. The van der Waals surface area contributed by atoms with Crippen molar-refractivity contribution in [2.45, 2.75) is 26.2 Å². The van der Waals surface area contributed by atoms with Crippen molar-refractivity contribution in [3.05, 3.63) is 41.8 Å². The zero-order valence-electron chi connectivity index (χ0n) is 9.71. The van der Waals surface area contributed by atoms with Gasteiger partial charge in [0.15, 0.2) is 0 Å². The van der Waals surface area contributed by atoms with Crippen molar-refractivity contribution in [2.75, 3.05) is 0 Å². The summed E-state index contributed by atoms with van der Waals surface area (Å²) >= 11 is 0. The van der Waals surface area contributed by atoms with E-state index in [1.54, 1.807) is 12.1 Å². The Balaban J connectivity index is 2.49. The maximum absolute atomic E-state index is 12.8. The topological polar surface area (TPSA) is 28.7 Å². The summed E-state index contributed by atoms with van der Waals surface area (Å²) in [6, 6.07) is 6.45. The van der Waals surface area contributed by atoms with Gasteiger partial charge in [-0.05, 0) is 29.7 Å². The molecule has 1 heterocycles. The molecular weight excluding hydrogens is 203 g/mol. The highest BCUT2D eigenvalue weighted by Gasteiger charge is 2.20. The number of H-pyrrole nitrogens is 1. The minimum atomic E-state index is -0.222. The molecule has 0 unspecified atom stereocenters. The van der Waals surface area contributed by atoms with Crippen LogP contribution in [0.2, 0.25) is 0 Å². The number of nitrogens with zero attached hydrogens (tertiary/aromatic N) is 1. The molecule has 3 heteroatoms. The number of aromatic nitrogens is 2. The highest BCUT2D eigenvalue weighted by atomic mass is 19.1. The Morgan fingerprint density at radius 2 is 1.75 bits per heavy atom. The van der Waals surface area contributed by atoms with Crippen LogP contribution >= 0.6 is 0 Å². The summed E-state index contributed by atoms with van der Waals surface area (Å²) in [5.74, 6) is -0.222. The summed E-state index contributed by atoms with van der Waals surface area (Å²) in [6.45, 7) is 6.39. The number of hydrogen-bond donors (Lipinski definition) is 1. The Hall–Kier alpha value is -1.64. The lowest BCUT2D eigenvalue weighted by Gasteiger charge is -2.18. The molecule has 84 valence electrons. The van der Waals surface area contributed by atoms with Crippen LogP contribution in [0.5, 0.6) is 0 Å². The zero-order valence-corrected chi connectivity index (χ0v) is 9.71. The molecule has 0 radical (unpaired) electrons. The lowest BCUT2D eigenvalue weighted by molar-refractivity contribution is 0.592. The molecule has 0 aliphatic heterocycles. The number of rotatable bonds is 1. The zero-order chi connectivity index (χ0) is 11.8. The van der Waals surface area contributed by atoms with E-state index in [0.717, 1.165) is 16.8 Å². The van der Waals surface area contributed by atoms with Crippen molar-refractivity contribution in [3.63, 3.8) is 0 Å². The summed E-state index contributed by atoms with van der Waals surface area (Å²) in [6.07, 6.45) is 1.83. The Morgan fingerprint density at radius 3 is 2.31 bits per heavy atom. The summed E-state index contributed by atoms with van der Waals surface area (Å²) in [5, 5.41) is 7.04. The molecule has 1 N–H and O–H groups in total. The molecule has 0 bridgehead atoms. The van der Waals surface area contributed by atoms with E-state index in [1.807, 2.05) is 6.20 Å². The summed E-state index contributed by atoms with van der Waals surface area (Å²) in [4.78, 5) is 0. The van der Waals surface area contributed by atoms with Gasteiger partial charge in [-0.3, -0.25) is 5.10 Å². The van der Waals surface area contributed by atoms with E-state index in [9.17, 15) is 4.39 Å². The van der Waals surface area contributed by atoms with Crippen molar-refractivity contribution < 1.29 is 4.39 Å². The van der Waals surface area contributed by atoms with Crippen LogP contribution in [0.4, 0.5) is 4.39 Å². The first-order valence-electron chi connectivity index (χ1n) is 5.28. The van der Waals surface area contributed by atoms with Gasteiger partial charge in [-0.25, -0.2) is 4.39 Å². The number of halogens is 1. The van der Waals surface area contributed by atoms with Crippen LogP contribution in [-0.2, 0) is 5.41 Å². The molecule has 1 aromatic carbocycles. The minimum absolute atomic E-state index is 0.0245. The normalized spacial score (nSPS) is 11.8. The summed E-state index contributed by atoms with van der Waals surface area (Å²) < 4.78 is 12.8. The van der Waals surface area contributed by atoms with E-state index in [-0.39, 0.29) is 11.2 Å². The SMILES string of the molecule is CC(C)(C)c1cn[nH]c1-c1ccc(F)cc1. The highest BCUT2D eigenvalue weighted by Crippen LogP contribution is 2.30. The largest absolute Gasteiger partial charge is 0.278 e. The Morgan fingerprint density at radius 1 is 1.12 bits per heavy atom. The molecular formula is C13H15FN2. The van der Waals surface area contributed by atoms with Crippen molar-refractivity contribution in [1.82, 2.24) is 10.2 Å². The third-order valence-corrected chi connectivity index (χ3v) is 2.58. The first-order chi connectivity index (χ1) is 7.48. The Kier molecular flexibility index (Phi) is 2.54. The average molecular weight is 218 g/mol. The van der Waals surface area contributed by atoms with Crippen molar-refractivity contribution in [3.8, 4) is 11.3 Å². The first-order valence-corrected chi connectivity index (χ1v) is 5.28. The fourth-order valence-corrected chi connectivity index (χ4v) is 1.69. The fraction of sp³-hybridized carbons (Fsp3) is 0.308. The molecule has 0 fully saturated rings. The van der Waals surface area contributed by atoms with E-state index in [0.29, 0.717) is 0 Å². The van der Waals surface area contributed by atoms with Crippen LogP contribution in [0, 0.1) is 5.82 Å². The maximum atomic E-state index is 12.8. The smallest absolute Gasteiger partial charge is 0.123 e. The van der Waals surface area contributed by atoms with Gasteiger partial charge in [-0.15, -0.1) is 0 Å². The van der Waals surface area contributed by atoms with Gasteiger partial charge >= 0.3 is 0 Å². The predicted octanol–water partition coefficient (Wildman–Crippen LogP) is 3.51. The molecule has 2 nitrogen and oxygen atoms in total. The van der Waals surface area contributed by atoms with Gasteiger partial charge in [0.05, 0.1) is 11.9 Å². The molecule has 2 aromatic rings. The van der Waals surface area contributed by atoms with Gasteiger partial charge in [0.2, 0.25) is 0 Å². The molecule has 0 saturated heterocycles. The third-order valence-electron chi connectivity index (χ3n) is 2.58. The van der Waals surface area contributed by atoms with Crippen LogP contribution in [0.3, 0.4) is 0 Å². The van der Waals surface area contributed by atoms with Crippen molar-refractivity contribution in [2.24, 2.45) is 0 Å². The van der Waals surface area contributed by atoms with Crippen LogP contribution in [0.25, 0.3) is 11.3 Å². The lowest BCUT2D eigenvalue weighted by atomic mass is 9.86. The summed E-state index contributed by atoms with van der Waals surface area (Å²) in [7, 11) is 0. The number of benzene rings is 1. The molecule has 2 rings (SSSR count). The molecule has 0 spiro atoms. The van der Waals surface area contributed by atoms with Crippen LogP contribution in [0.15, 0.2) is 30.5 Å². The van der Waals surface area contributed by atoms with Crippen molar-refractivity contribution >= 4 is 0 Å². The molecule has 0 saturated carbocycles. The monoisotopic (exact) mass is 218 g/mol. The average Bonchev–Trinajstić information content (AvgIpc) is 2.66. The predicted molar refractivity (Wildman–Crippen MR) is 62.7 cm³/mol. The second kappa shape index (κ2) is 3.74. The minimum Gasteiger partial charge on any atom is -0.278 e. The van der Waals surface area contributed by atoms with E-state index in [4.69, 9.17) is 0 Å². The number of aromatic amines is 1. The van der Waals surface area contributed by atoms with Gasteiger partial charge in [0.1, 0.15) is 5.82 Å². The molecule has 16 heavy (non-hydrogen) atoms. The number of hydrogen-bond acceptors (Lipinski definition) is 1. The van der Waals surface area contributed by atoms with Gasteiger partial charge < -0.3 is 0 Å². The van der Waals surface area contributed by atoms with E-state index >= 15 is 0 Å². The molecule has 0 atom stereocenters. The highest BCUT2D eigenvalue weighted by molar-refractivity contribution is 5.63. The van der Waals surface area contributed by atoms with Crippen molar-refractivity contribution in [1.29, 1.82) is 0 Å². The van der Waals surface area contributed by atoms with Gasteiger partial charge in [-0.2, -0.15) is 5.10 Å². The maximum Gasteiger partial charge on any atom is 0.123 e. The standard InChI is InChI=1S/C13H15FN2/c1-13(2,3)11-8-15-16-12(11)9-4-6-10(14)7-5-9/h4-8H,1-3H3,(H,15,16). The van der Waals surface area contributed by atoms with E-state index < -0.39 is 0 Å². The van der Waals surface area contributed by atoms with Gasteiger partial charge in [0.25, 0.3) is 0 Å². The summed E-state index contributed by atoms with van der Waals surface area (Å²) in [5.41, 5.74) is 3.09. The fourth-order valence-electron chi connectivity index (χ4n) is 1.69. The third kappa shape index (κ3) is 1.98.